The number of anilines is 1. The van der Waals surface area contributed by atoms with E-state index in [1.165, 1.54) is 21.1 Å². The predicted molar refractivity (Wildman–Crippen MR) is 269 cm³/mol. The zero-order chi connectivity index (χ0) is 56.9. The van der Waals surface area contributed by atoms with E-state index in [1.807, 2.05) is 37.1 Å². The van der Waals surface area contributed by atoms with Gasteiger partial charge in [-0.15, -0.1) is 0 Å². The minimum atomic E-state index is -2.27. The number of aromatic nitrogens is 1. The third kappa shape index (κ3) is 9.35. The molecule has 6 unspecified atom stereocenters. The molecule has 10 N–H and O–H groups in total. The third-order valence-electron chi connectivity index (χ3n) is 16.8. The van der Waals surface area contributed by atoms with Gasteiger partial charge in [-0.05, 0) is 67.3 Å². The molecule has 77 heavy (non-hydrogen) atoms. The molecule has 5 aliphatic heterocycles. The summed E-state index contributed by atoms with van der Waals surface area (Å²) in [5, 5.41) is 79.4. The molecule has 3 fully saturated rings. The zero-order valence-electron chi connectivity index (χ0n) is 43.7. The highest BCUT2D eigenvalue weighted by molar-refractivity contribution is 5.95. The van der Waals surface area contributed by atoms with Gasteiger partial charge in [-0.1, -0.05) is 50.6 Å². The van der Waals surface area contributed by atoms with Crippen LogP contribution in [0.15, 0.2) is 48.6 Å². The van der Waals surface area contributed by atoms with Gasteiger partial charge < -0.3 is 74.8 Å². The van der Waals surface area contributed by atoms with Gasteiger partial charge in [-0.25, -0.2) is 24.0 Å². The van der Waals surface area contributed by atoms with Gasteiger partial charge in [-0.3, -0.25) is 19.4 Å². The molecule has 0 radical (unpaired) electrons. The van der Waals surface area contributed by atoms with E-state index in [-0.39, 0.29) is 17.9 Å². The van der Waals surface area contributed by atoms with E-state index in [0.717, 1.165) is 59.3 Å². The maximum atomic E-state index is 15.2. The van der Waals surface area contributed by atoms with Gasteiger partial charge in [0, 0.05) is 90.9 Å². The number of likely N-dealkylation sites (N-methyl/N-ethyl adjacent to an activating group) is 1. The Hall–Kier alpha value is -6.67. The van der Waals surface area contributed by atoms with E-state index in [9.17, 15) is 33.9 Å². The molecule has 24 nitrogen and oxygen atoms in total. The molecule has 0 amide bonds. The van der Waals surface area contributed by atoms with Gasteiger partial charge in [0.25, 0.3) is 0 Å². The number of esters is 3. The lowest BCUT2D eigenvalue weighted by Gasteiger charge is -2.63. The molecule has 2 saturated heterocycles. The first kappa shape index (κ1) is 58.0. The van der Waals surface area contributed by atoms with Gasteiger partial charge in [0.1, 0.15) is 11.2 Å². The summed E-state index contributed by atoms with van der Waals surface area (Å²) in [6.07, 6.45) is -2.50. The van der Waals surface area contributed by atoms with Gasteiger partial charge in [0.05, 0.1) is 27.4 Å². The summed E-state index contributed by atoms with van der Waals surface area (Å²) < 4.78 is 23.9. The minimum Gasteiger partial charge on any atom is -0.496 e. The summed E-state index contributed by atoms with van der Waals surface area (Å²) in [5.41, 5.74) is -0.0938. The van der Waals surface area contributed by atoms with Crippen molar-refractivity contribution >= 4 is 58.4 Å². The van der Waals surface area contributed by atoms with E-state index in [2.05, 4.69) is 52.1 Å². The van der Waals surface area contributed by atoms with Gasteiger partial charge >= 0.3 is 41.8 Å². The number of aliphatic hydroxyl groups is 5. The number of aromatic amines is 1. The van der Waals surface area contributed by atoms with Gasteiger partial charge in [0.2, 0.25) is 5.60 Å². The Morgan fingerprint density at radius 3 is 1.94 bits per heavy atom. The smallest absolute Gasteiger partial charge is 0.344 e. The molecule has 24 heteroatoms. The maximum absolute atomic E-state index is 15.2. The number of carbonyl (C=O) groups is 7. The second kappa shape index (κ2) is 22.0. The Morgan fingerprint density at radius 1 is 0.805 bits per heavy atom. The summed E-state index contributed by atoms with van der Waals surface area (Å²) in [6, 6.07) is 11.3. The van der Waals surface area contributed by atoms with Crippen molar-refractivity contribution in [3.05, 3.63) is 70.9 Å². The van der Waals surface area contributed by atoms with Crippen LogP contribution < -0.4 is 9.64 Å². The van der Waals surface area contributed by atoms with Crippen molar-refractivity contribution in [1.29, 1.82) is 0 Å². The number of para-hydroxylation sites is 1. The van der Waals surface area contributed by atoms with Crippen LogP contribution >= 0.6 is 0 Å². The Bertz CT molecular complexity index is 2760. The van der Waals surface area contributed by atoms with E-state index < -0.39 is 94.2 Å². The fourth-order valence-electron chi connectivity index (χ4n) is 13.8. The molecule has 1 spiro atoms. The Balaban J connectivity index is 0.000000365. The highest BCUT2D eigenvalue weighted by atomic mass is 16.6. The van der Waals surface area contributed by atoms with Crippen molar-refractivity contribution < 1.29 is 98.5 Å². The molecule has 6 aliphatic rings. The largest absolute Gasteiger partial charge is 0.496 e. The second-order valence-electron chi connectivity index (χ2n) is 20.8. The normalized spacial score (nSPS) is 31.0. The molecule has 420 valence electrons. The standard InChI is InChI=1S/C45H56N4O8.2C4H6O6/c1-8-27-19-28-22-44(40(51)55-6,36-30(25-48(23-27)24-28)29-13-10-11-14-33(29)46-36)32-20-31-34(21-35(32)54-5)47(4)38-43(31)16-18-49-17-12-15-42(9-2,37(43)49)39(57-26(3)50)45(38,53)41(52)56-7;2*5-1(3(7)8)2(6)4(9)10/h10-15,20-21,27-28,37-39,46,53H,8-9,16-19,22-25H2,1-7H3;2*1-2,5-6H,(H,7,8)(H,9,10)/t27?,28-,37-,38+,39+,42+,43+,44-,45-;;/m0../s1. The quantitative estimate of drug-likeness (QED) is 0.0636. The number of aliphatic carboxylic acids is 4. The summed E-state index contributed by atoms with van der Waals surface area (Å²) >= 11 is 0. The van der Waals surface area contributed by atoms with Crippen molar-refractivity contribution in [1.82, 2.24) is 14.8 Å². The number of piperidine rings is 1. The first-order valence-corrected chi connectivity index (χ1v) is 25.2. The fraction of sp³-hybridized carbons (Fsp3) is 0.566. The molecule has 1 saturated carbocycles. The molecule has 14 atom stereocenters. The lowest BCUT2D eigenvalue weighted by molar-refractivity contribution is -0.228. The van der Waals surface area contributed by atoms with Crippen LogP contribution in [0.3, 0.4) is 0 Å². The average molecular weight is 1080 g/mol. The van der Waals surface area contributed by atoms with Crippen molar-refractivity contribution in [3.8, 4) is 5.75 Å². The van der Waals surface area contributed by atoms with Crippen molar-refractivity contribution in [2.24, 2.45) is 17.3 Å². The first-order chi connectivity index (χ1) is 36.3. The van der Waals surface area contributed by atoms with E-state index in [0.29, 0.717) is 56.1 Å². The summed E-state index contributed by atoms with van der Waals surface area (Å²) in [6.45, 7) is 9.54. The molecular weight excluding hydrogens is 1010 g/mol. The zero-order valence-corrected chi connectivity index (χ0v) is 43.7. The molecule has 2 bridgehead atoms. The number of H-pyrrole nitrogens is 1. The van der Waals surface area contributed by atoms with Gasteiger partial charge in [0.15, 0.2) is 30.5 Å². The summed E-state index contributed by atoms with van der Waals surface area (Å²) in [4.78, 5) is 92.3. The summed E-state index contributed by atoms with van der Waals surface area (Å²) in [5.74, 6) is -7.67. The number of fused-ring (bicyclic) bond motifs is 6. The molecule has 6 heterocycles. The molecule has 9 rings (SSSR count). The third-order valence-corrected chi connectivity index (χ3v) is 16.8. The number of carboxylic acids is 4. The Labute approximate surface area is 442 Å². The van der Waals surface area contributed by atoms with Crippen LogP contribution in [0.4, 0.5) is 5.69 Å². The Morgan fingerprint density at radius 2 is 1.40 bits per heavy atom. The molecule has 2 aromatic carbocycles. The van der Waals surface area contributed by atoms with Crippen LogP contribution in [-0.2, 0) is 65.1 Å². The van der Waals surface area contributed by atoms with Crippen molar-refractivity contribution in [2.45, 2.75) is 118 Å². The number of rotatable bonds is 13. The first-order valence-electron chi connectivity index (χ1n) is 25.2. The number of benzene rings is 2. The molecular formula is C53H68N4O20. The van der Waals surface area contributed by atoms with Gasteiger partial charge in [-0.2, -0.15) is 0 Å². The molecule has 1 aliphatic carbocycles. The van der Waals surface area contributed by atoms with Crippen molar-refractivity contribution in [3.63, 3.8) is 0 Å². The number of nitrogens with zero attached hydrogens (tertiary/aromatic N) is 3. The average Bonchev–Trinajstić information content (AvgIpc) is 4.08. The number of aliphatic hydroxyl groups excluding tert-OH is 4. The lowest BCUT2D eigenvalue weighted by Crippen LogP contribution is -2.81. The highest BCUT2D eigenvalue weighted by Gasteiger charge is 2.80. The number of carboxylic acid groups (broad SMARTS) is 4. The topological polar surface area (TPSA) is 364 Å². The van der Waals surface area contributed by atoms with E-state index >= 15 is 4.79 Å². The molecule has 1 aromatic heterocycles. The number of carbonyl (C=O) groups excluding carboxylic acids is 3. The number of nitrogens with one attached hydrogen (secondary N) is 1. The van der Waals surface area contributed by atoms with Crippen LogP contribution in [0.1, 0.15) is 75.3 Å². The minimum absolute atomic E-state index is 0.190. The van der Waals surface area contributed by atoms with Crippen LogP contribution in [0.5, 0.6) is 5.75 Å². The fourth-order valence-corrected chi connectivity index (χ4v) is 13.8. The number of methoxy groups -OCH3 is 3. The summed E-state index contributed by atoms with van der Waals surface area (Å²) in [7, 11) is 6.26. The lowest BCUT2D eigenvalue weighted by atomic mass is 9.47. The van der Waals surface area contributed by atoms with Crippen LogP contribution in [0, 0.1) is 17.3 Å². The Kier molecular flexibility index (Phi) is 16.6. The van der Waals surface area contributed by atoms with Crippen molar-refractivity contribution in [2.75, 3.05) is 59.5 Å². The van der Waals surface area contributed by atoms with E-state index in [1.54, 1.807) is 7.11 Å². The van der Waals surface area contributed by atoms with Crippen LogP contribution in [-0.4, -0.2) is 205 Å². The monoisotopic (exact) mass is 1080 g/mol. The molecule has 3 aromatic rings. The number of hydrogen-bond donors (Lipinski definition) is 10. The van der Waals surface area contributed by atoms with Crippen LogP contribution in [0.2, 0.25) is 0 Å². The van der Waals surface area contributed by atoms with E-state index in [4.69, 9.17) is 59.8 Å². The van der Waals surface area contributed by atoms with Crippen LogP contribution in [0.25, 0.3) is 10.9 Å². The second-order valence-corrected chi connectivity index (χ2v) is 20.8. The number of hydrogen-bond acceptors (Lipinski definition) is 19. The number of ether oxygens (including phenoxy) is 4. The SMILES string of the molecule is CCC1C[C@@H]2CN(Cc3c([nH]c4ccccc34)[C@@](C(=O)OC)(c3cc4c(cc3OC)N(C)[C@H]3[C@@](O)(C(=O)OC)[C@H](OC(C)=O)[C@]5(CC)C=CCN6CC[C@]43[C@@H]65)C2)C1.O=C(O)C(O)C(O)C(=O)O.O=C(O)C(O)C(O)C(=O)O. The highest BCUT2D eigenvalue weighted by Crippen LogP contribution is 2.68. The predicted octanol–water partition coefficient (Wildman–Crippen LogP) is 0.588. The maximum Gasteiger partial charge on any atom is 0.344 e.